The van der Waals surface area contributed by atoms with Crippen molar-refractivity contribution >= 4 is 0 Å². The number of hydrogen-bond acceptors (Lipinski definition) is 0. The van der Waals surface area contributed by atoms with E-state index in [0.717, 1.165) is 0 Å². The van der Waals surface area contributed by atoms with E-state index in [1.54, 1.807) is 0 Å². The Morgan fingerprint density at radius 3 is 1.00 bits per heavy atom. The minimum Gasteiger partial charge on any atom is -0.184 e. The van der Waals surface area contributed by atoms with Crippen molar-refractivity contribution in [2.24, 2.45) is 0 Å². The molecule has 0 saturated carbocycles. The Labute approximate surface area is 110 Å². The fraction of sp³-hybridized carbons (Fsp3) is 0.500. The standard InChI is InChI=1S/C6H5.3C2H6.Y/c1-2-4-6-5-3-1;3*1-2;/h1-5H;3*1-2H3;/q-1;;;;. The minimum atomic E-state index is 0. The molecule has 0 amide bonds. The van der Waals surface area contributed by atoms with E-state index in [1.807, 2.05) is 71.9 Å². The van der Waals surface area contributed by atoms with Crippen LogP contribution in [0.15, 0.2) is 30.3 Å². The molecule has 0 fully saturated rings. The fourth-order valence-corrected chi connectivity index (χ4v) is 0.342. The van der Waals surface area contributed by atoms with Crippen LogP contribution in [0.4, 0.5) is 0 Å². The first kappa shape index (κ1) is 23.3. The normalized spacial score (nSPS) is 5.08. The second kappa shape index (κ2) is 39.5. The molecule has 0 saturated heterocycles. The van der Waals surface area contributed by atoms with Gasteiger partial charge in [0.1, 0.15) is 0 Å². The van der Waals surface area contributed by atoms with E-state index in [9.17, 15) is 0 Å². The average Bonchev–Trinajstić information content (AvgIpc) is 2.29. The largest absolute Gasteiger partial charge is 0.184 e. The van der Waals surface area contributed by atoms with Gasteiger partial charge in [0.25, 0.3) is 0 Å². The molecular weight excluding hydrogens is 233 g/mol. The van der Waals surface area contributed by atoms with Gasteiger partial charge in [0.2, 0.25) is 0 Å². The predicted octanol–water partition coefficient (Wildman–Crippen LogP) is 4.56. The quantitative estimate of drug-likeness (QED) is 0.597. The Morgan fingerprint density at radius 2 is 0.923 bits per heavy atom. The molecule has 0 aromatic heterocycles. The molecule has 1 heteroatoms. The number of hydrogen-bond donors (Lipinski definition) is 0. The van der Waals surface area contributed by atoms with E-state index in [0.29, 0.717) is 0 Å². The van der Waals surface area contributed by atoms with Crippen molar-refractivity contribution < 1.29 is 32.7 Å². The predicted molar refractivity (Wildman–Crippen MR) is 59.3 cm³/mol. The molecule has 0 aliphatic heterocycles. The van der Waals surface area contributed by atoms with Crippen LogP contribution in [0.3, 0.4) is 0 Å². The van der Waals surface area contributed by atoms with Gasteiger partial charge in [-0.1, -0.05) is 41.5 Å². The Balaban J connectivity index is -0.0000000508. The SMILES string of the molecule is CC.CC.CC.[Y].[c-]1ccccc1. The van der Waals surface area contributed by atoms with Gasteiger partial charge in [-0.15, -0.1) is 0 Å². The van der Waals surface area contributed by atoms with Gasteiger partial charge in [0.05, 0.1) is 0 Å². The van der Waals surface area contributed by atoms with Gasteiger partial charge in [0, 0.05) is 32.7 Å². The topological polar surface area (TPSA) is 0 Å². The second-order valence-corrected chi connectivity index (χ2v) is 1.08. The van der Waals surface area contributed by atoms with E-state index in [2.05, 4.69) is 6.07 Å². The molecular formula is C12H23Y-. The summed E-state index contributed by atoms with van der Waals surface area (Å²) in [6.07, 6.45) is 0. The maximum Gasteiger partial charge on any atom is 0 e. The molecule has 0 spiro atoms. The molecule has 0 nitrogen and oxygen atoms in total. The molecule has 1 aromatic rings. The Hall–Kier alpha value is 0.324. The van der Waals surface area contributed by atoms with Crippen molar-refractivity contribution in [3.05, 3.63) is 36.4 Å². The molecule has 75 valence electrons. The van der Waals surface area contributed by atoms with Crippen molar-refractivity contribution in [3.63, 3.8) is 0 Å². The number of benzene rings is 1. The van der Waals surface area contributed by atoms with Crippen molar-refractivity contribution in [1.82, 2.24) is 0 Å². The van der Waals surface area contributed by atoms with E-state index >= 15 is 0 Å². The summed E-state index contributed by atoms with van der Waals surface area (Å²) < 4.78 is 0. The Bertz CT molecular complexity index is 77.0. The first-order valence-corrected chi connectivity index (χ1v) is 4.91. The second-order valence-electron chi connectivity index (χ2n) is 1.08. The van der Waals surface area contributed by atoms with Crippen molar-refractivity contribution in [1.29, 1.82) is 0 Å². The summed E-state index contributed by atoms with van der Waals surface area (Å²) >= 11 is 0. The molecule has 1 radical (unpaired) electrons. The van der Waals surface area contributed by atoms with E-state index in [-0.39, 0.29) is 32.7 Å². The molecule has 1 rings (SSSR count). The summed E-state index contributed by atoms with van der Waals surface area (Å²) in [5, 5.41) is 0. The molecule has 0 N–H and O–H groups in total. The van der Waals surface area contributed by atoms with Crippen LogP contribution < -0.4 is 0 Å². The van der Waals surface area contributed by atoms with E-state index in [1.165, 1.54) is 0 Å². The molecule has 0 unspecified atom stereocenters. The summed E-state index contributed by atoms with van der Waals surface area (Å²) in [5.74, 6) is 0. The van der Waals surface area contributed by atoms with Gasteiger partial charge in [0.15, 0.2) is 0 Å². The summed E-state index contributed by atoms with van der Waals surface area (Å²) in [4.78, 5) is 0. The van der Waals surface area contributed by atoms with Crippen LogP contribution in [0.5, 0.6) is 0 Å². The molecule has 0 aliphatic rings. The van der Waals surface area contributed by atoms with E-state index in [4.69, 9.17) is 0 Å². The zero-order valence-electron chi connectivity index (χ0n) is 9.96. The van der Waals surface area contributed by atoms with Crippen LogP contribution in [0.25, 0.3) is 0 Å². The van der Waals surface area contributed by atoms with Crippen LogP contribution in [0.1, 0.15) is 41.5 Å². The van der Waals surface area contributed by atoms with Crippen LogP contribution in [-0.4, -0.2) is 0 Å². The summed E-state index contributed by atoms with van der Waals surface area (Å²) in [5.41, 5.74) is 0. The summed E-state index contributed by atoms with van der Waals surface area (Å²) in [6.45, 7) is 12.0. The Kier molecular flexibility index (Phi) is 70.8. The van der Waals surface area contributed by atoms with Crippen molar-refractivity contribution in [2.75, 3.05) is 0 Å². The number of rotatable bonds is 0. The van der Waals surface area contributed by atoms with Crippen LogP contribution in [-0.2, 0) is 32.7 Å². The van der Waals surface area contributed by atoms with Gasteiger partial charge < -0.3 is 0 Å². The molecule has 0 bridgehead atoms. The molecule has 1 aromatic carbocycles. The summed E-state index contributed by atoms with van der Waals surface area (Å²) in [7, 11) is 0. The van der Waals surface area contributed by atoms with Crippen molar-refractivity contribution in [3.8, 4) is 0 Å². The van der Waals surface area contributed by atoms with Crippen LogP contribution >= 0.6 is 0 Å². The molecule has 0 heterocycles. The zero-order chi connectivity index (χ0) is 10.2. The molecule has 0 atom stereocenters. The smallest absolute Gasteiger partial charge is 0 e. The Morgan fingerprint density at radius 1 is 0.615 bits per heavy atom. The van der Waals surface area contributed by atoms with Gasteiger partial charge in [-0.25, -0.2) is 0 Å². The van der Waals surface area contributed by atoms with Crippen LogP contribution in [0.2, 0.25) is 0 Å². The zero-order valence-corrected chi connectivity index (χ0v) is 12.8. The van der Waals surface area contributed by atoms with Gasteiger partial charge in [-0.05, 0) is 0 Å². The summed E-state index contributed by atoms with van der Waals surface area (Å²) in [6, 6.07) is 12.5. The fourth-order valence-electron chi connectivity index (χ4n) is 0.342. The van der Waals surface area contributed by atoms with Gasteiger partial charge in [-0.3, -0.25) is 0 Å². The molecule has 0 aliphatic carbocycles. The maximum absolute atomic E-state index is 2.89. The first-order valence-electron chi connectivity index (χ1n) is 4.91. The third-order valence-corrected chi connectivity index (χ3v) is 0.607. The first-order chi connectivity index (χ1) is 6.00. The third kappa shape index (κ3) is 32.8. The van der Waals surface area contributed by atoms with Crippen LogP contribution in [0, 0.1) is 6.07 Å². The van der Waals surface area contributed by atoms with Crippen molar-refractivity contribution in [2.45, 2.75) is 41.5 Å². The monoisotopic (exact) mass is 256 g/mol. The van der Waals surface area contributed by atoms with E-state index < -0.39 is 0 Å². The molecule has 13 heavy (non-hydrogen) atoms. The minimum absolute atomic E-state index is 0. The average molecular weight is 256 g/mol. The van der Waals surface area contributed by atoms with Gasteiger partial charge in [-0.2, -0.15) is 36.4 Å². The van der Waals surface area contributed by atoms with Gasteiger partial charge >= 0.3 is 0 Å². The maximum atomic E-state index is 2.89. The third-order valence-electron chi connectivity index (χ3n) is 0.607.